The molecule has 25 heavy (non-hydrogen) atoms. The molecule has 0 heterocycles. The maximum atomic E-state index is 12.3. The summed E-state index contributed by atoms with van der Waals surface area (Å²) in [6, 6.07) is 14.0. The van der Waals surface area contributed by atoms with Gasteiger partial charge < -0.3 is 10.5 Å². The number of benzene rings is 2. The molecule has 1 saturated carbocycles. The fourth-order valence-corrected chi connectivity index (χ4v) is 3.55. The average molecular weight is 383 g/mol. The van der Waals surface area contributed by atoms with Crippen LogP contribution in [0.4, 0.5) is 0 Å². The number of hydrogen-bond donors (Lipinski definition) is 2. The molecule has 0 amide bonds. The first kappa shape index (κ1) is 19.7. The first-order valence-corrected chi connectivity index (χ1v) is 9.52. The van der Waals surface area contributed by atoms with Crippen LogP contribution in [-0.2, 0) is 10.0 Å². The summed E-state index contributed by atoms with van der Waals surface area (Å²) in [4.78, 5) is 0.210. The van der Waals surface area contributed by atoms with Gasteiger partial charge in [0, 0.05) is 12.6 Å². The molecule has 0 aliphatic heterocycles. The molecule has 5 nitrogen and oxygen atoms in total. The molecule has 1 unspecified atom stereocenters. The van der Waals surface area contributed by atoms with Crippen molar-refractivity contribution in [3.8, 4) is 11.5 Å². The van der Waals surface area contributed by atoms with Crippen molar-refractivity contribution in [1.29, 1.82) is 0 Å². The van der Waals surface area contributed by atoms with Crippen molar-refractivity contribution in [2.24, 2.45) is 11.7 Å². The Morgan fingerprint density at radius 1 is 1.16 bits per heavy atom. The van der Waals surface area contributed by atoms with Crippen LogP contribution in [0.5, 0.6) is 11.5 Å². The van der Waals surface area contributed by atoms with E-state index in [9.17, 15) is 8.42 Å². The Labute approximate surface area is 155 Å². The maximum Gasteiger partial charge on any atom is 0.240 e. The van der Waals surface area contributed by atoms with Crippen molar-refractivity contribution < 1.29 is 13.2 Å². The summed E-state index contributed by atoms with van der Waals surface area (Å²) in [6.07, 6.45) is 2.18. The smallest absolute Gasteiger partial charge is 0.240 e. The van der Waals surface area contributed by atoms with Crippen LogP contribution in [-0.4, -0.2) is 21.0 Å². The molecule has 3 rings (SSSR count). The van der Waals surface area contributed by atoms with E-state index < -0.39 is 10.0 Å². The lowest BCUT2D eigenvalue weighted by molar-refractivity contribution is 0.481. The third-order valence-electron chi connectivity index (χ3n) is 4.10. The van der Waals surface area contributed by atoms with Gasteiger partial charge in [0.2, 0.25) is 10.0 Å². The molecule has 1 aliphatic carbocycles. The lowest BCUT2D eigenvalue weighted by Crippen LogP contribution is -2.38. The van der Waals surface area contributed by atoms with Crippen molar-refractivity contribution in [2.75, 3.05) is 6.54 Å². The van der Waals surface area contributed by atoms with Gasteiger partial charge in [-0.25, -0.2) is 13.1 Å². The Morgan fingerprint density at radius 3 is 2.44 bits per heavy atom. The molecule has 0 spiro atoms. The molecule has 0 aromatic heterocycles. The number of sulfonamides is 1. The number of ether oxygens (including phenoxy) is 1. The van der Waals surface area contributed by atoms with E-state index in [0.29, 0.717) is 11.7 Å². The van der Waals surface area contributed by atoms with Gasteiger partial charge in [0.1, 0.15) is 11.5 Å². The fourth-order valence-electron chi connectivity index (χ4n) is 2.48. The van der Waals surface area contributed by atoms with Crippen molar-refractivity contribution >= 4 is 22.4 Å². The highest BCUT2D eigenvalue weighted by Gasteiger charge is 2.29. The Hall–Kier alpha value is -1.60. The zero-order chi connectivity index (χ0) is 17.2. The van der Waals surface area contributed by atoms with Gasteiger partial charge in [-0.2, -0.15) is 0 Å². The van der Waals surface area contributed by atoms with Crippen molar-refractivity contribution in [3.05, 3.63) is 54.1 Å². The third kappa shape index (κ3) is 5.44. The number of halogens is 1. The highest BCUT2D eigenvalue weighted by Crippen LogP contribution is 2.31. The normalized spacial score (nSPS) is 15.3. The number of nitrogens with one attached hydrogen (secondary N) is 1. The molecule has 2 aromatic carbocycles. The summed E-state index contributed by atoms with van der Waals surface area (Å²) in [7, 11) is -3.54. The second-order valence-electron chi connectivity index (χ2n) is 6.24. The summed E-state index contributed by atoms with van der Waals surface area (Å²) in [5.74, 6) is 1.77. The van der Waals surface area contributed by atoms with Crippen LogP contribution in [0, 0.1) is 12.8 Å². The van der Waals surface area contributed by atoms with Gasteiger partial charge in [0.25, 0.3) is 0 Å². The molecule has 7 heteroatoms. The van der Waals surface area contributed by atoms with Crippen LogP contribution in [0.1, 0.15) is 18.4 Å². The zero-order valence-corrected chi connectivity index (χ0v) is 15.6. The molecule has 2 aromatic rings. The van der Waals surface area contributed by atoms with Gasteiger partial charge >= 0.3 is 0 Å². The van der Waals surface area contributed by atoms with Gasteiger partial charge in [0.05, 0.1) is 4.90 Å². The van der Waals surface area contributed by atoms with Gasteiger partial charge in [-0.05, 0) is 67.6 Å². The van der Waals surface area contributed by atoms with Gasteiger partial charge in [-0.15, -0.1) is 12.4 Å². The quantitative estimate of drug-likeness (QED) is 0.770. The SMILES string of the molecule is Cc1cccc(Oc2ccc(S(=O)(=O)NCC(N)C3CC3)cc2)c1.Cl. The second kappa shape index (κ2) is 8.19. The average Bonchev–Trinajstić information content (AvgIpc) is 3.38. The standard InChI is InChI=1S/C18H22N2O3S.ClH/c1-13-3-2-4-16(11-13)23-15-7-9-17(10-8-15)24(21,22)20-12-18(19)14-5-6-14;/h2-4,7-11,14,18,20H,5-6,12,19H2,1H3;1H. The van der Waals surface area contributed by atoms with Crippen LogP contribution in [0.15, 0.2) is 53.4 Å². The molecular formula is C18H23ClN2O3S. The lowest BCUT2D eigenvalue weighted by atomic mass is 10.2. The van der Waals surface area contributed by atoms with E-state index in [1.807, 2.05) is 31.2 Å². The van der Waals surface area contributed by atoms with Crippen LogP contribution in [0.2, 0.25) is 0 Å². The first-order chi connectivity index (χ1) is 11.4. The largest absolute Gasteiger partial charge is 0.457 e. The number of rotatable bonds is 7. The highest BCUT2D eigenvalue weighted by molar-refractivity contribution is 7.89. The lowest BCUT2D eigenvalue weighted by Gasteiger charge is -2.12. The number of nitrogens with two attached hydrogens (primary N) is 1. The summed E-state index contributed by atoms with van der Waals surface area (Å²) >= 11 is 0. The van der Waals surface area contributed by atoms with Gasteiger partial charge in [-0.3, -0.25) is 0 Å². The minimum absolute atomic E-state index is 0. The van der Waals surface area contributed by atoms with E-state index in [0.717, 1.165) is 24.2 Å². The summed E-state index contributed by atoms with van der Waals surface area (Å²) in [6.45, 7) is 2.26. The Morgan fingerprint density at radius 2 is 1.84 bits per heavy atom. The second-order valence-corrected chi connectivity index (χ2v) is 8.01. The topological polar surface area (TPSA) is 81.4 Å². The summed E-state index contributed by atoms with van der Waals surface area (Å²) in [5, 5.41) is 0. The first-order valence-electron chi connectivity index (χ1n) is 8.04. The minimum atomic E-state index is -3.54. The van der Waals surface area contributed by atoms with Crippen molar-refractivity contribution in [2.45, 2.75) is 30.7 Å². The van der Waals surface area contributed by atoms with Crippen LogP contribution in [0.25, 0.3) is 0 Å². The molecule has 1 atom stereocenters. The maximum absolute atomic E-state index is 12.3. The molecule has 136 valence electrons. The molecule has 0 bridgehead atoms. The predicted octanol–water partition coefficient (Wildman–Crippen LogP) is 3.22. The van der Waals surface area contributed by atoms with Gasteiger partial charge in [-0.1, -0.05) is 12.1 Å². The van der Waals surface area contributed by atoms with E-state index in [1.54, 1.807) is 12.1 Å². The van der Waals surface area contributed by atoms with E-state index in [2.05, 4.69) is 4.72 Å². The Kier molecular flexibility index (Phi) is 6.46. The van der Waals surface area contributed by atoms with Crippen LogP contribution < -0.4 is 15.2 Å². The predicted molar refractivity (Wildman–Crippen MR) is 101 cm³/mol. The third-order valence-corrected chi connectivity index (χ3v) is 5.54. The Balaban J connectivity index is 0.00000225. The van der Waals surface area contributed by atoms with E-state index in [-0.39, 0.29) is 29.9 Å². The summed E-state index contributed by atoms with van der Waals surface area (Å²) in [5.41, 5.74) is 7.04. The minimum Gasteiger partial charge on any atom is -0.457 e. The van der Waals surface area contributed by atoms with Crippen LogP contribution in [0.3, 0.4) is 0 Å². The number of hydrogen-bond acceptors (Lipinski definition) is 4. The molecule has 1 aliphatic rings. The van der Waals surface area contributed by atoms with Crippen molar-refractivity contribution in [1.82, 2.24) is 4.72 Å². The van der Waals surface area contributed by atoms with E-state index in [1.165, 1.54) is 12.1 Å². The molecule has 0 saturated heterocycles. The fraction of sp³-hybridized carbons (Fsp3) is 0.333. The van der Waals surface area contributed by atoms with Crippen molar-refractivity contribution in [3.63, 3.8) is 0 Å². The Bertz CT molecular complexity index is 805. The zero-order valence-electron chi connectivity index (χ0n) is 14.0. The molecule has 3 N–H and O–H groups in total. The highest BCUT2D eigenvalue weighted by atomic mass is 35.5. The molecule has 0 radical (unpaired) electrons. The van der Waals surface area contributed by atoms with Crippen LogP contribution >= 0.6 is 12.4 Å². The molecular weight excluding hydrogens is 360 g/mol. The van der Waals surface area contributed by atoms with Gasteiger partial charge in [0.15, 0.2) is 0 Å². The van der Waals surface area contributed by atoms with E-state index in [4.69, 9.17) is 10.5 Å². The van der Waals surface area contributed by atoms with E-state index >= 15 is 0 Å². The monoisotopic (exact) mass is 382 g/mol. The molecule has 1 fully saturated rings. The number of aryl methyl sites for hydroxylation is 1. The summed E-state index contributed by atoms with van der Waals surface area (Å²) < 4.78 is 32.9.